The summed E-state index contributed by atoms with van der Waals surface area (Å²) in [7, 11) is 0. The zero-order chi connectivity index (χ0) is 38.7. The highest BCUT2D eigenvalue weighted by atomic mass is 16.5. The lowest BCUT2D eigenvalue weighted by Gasteiger charge is -2.20. The third-order valence-corrected chi connectivity index (χ3v) is 10.1. The van der Waals surface area contributed by atoms with Gasteiger partial charge in [-0.3, -0.25) is 9.59 Å². The van der Waals surface area contributed by atoms with Crippen molar-refractivity contribution in [2.45, 2.75) is 238 Å². The molecule has 1 amide bonds. The summed E-state index contributed by atoms with van der Waals surface area (Å²) in [4.78, 5) is 24.4. The summed E-state index contributed by atoms with van der Waals surface area (Å²) in [6.45, 7) is 4.75. The lowest BCUT2D eigenvalue weighted by Crippen LogP contribution is -2.45. The third kappa shape index (κ3) is 39.6. The molecule has 0 aromatic heterocycles. The molecule has 0 saturated carbocycles. The Balaban J connectivity index is 3.56. The Bertz CT molecular complexity index is 869. The van der Waals surface area contributed by atoms with Crippen LogP contribution in [0.1, 0.15) is 226 Å². The quantitative estimate of drug-likeness (QED) is 0.0329. The van der Waals surface area contributed by atoms with E-state index < -0.39 is 12.1 Å². The second-order valence-electron chi connectivity index (χ2n) is 15.4. The van der Waals surface area contributed by atoms with Crippen molar-refractivity contribution in [2.24, 2.45) is 0 Å². The fourth-order valence-electron chi connectivity index (χ4n) is 6.61. The number of ether oxygens (including phenoxy) is 1. The van der Waals surface area contributed by atoms with Crippen LogP contribution >= 0.6 is 0 Å². The first-order chi connectivity index (χ1) is 26.0. The van der Waals surface area contributed by atoms with E-state index in [1.165, 1.54) is 128 Å². The smallest absolute Gasteiger partial charge is 0.305 e. The van der Waals surface area contributed by atoms with Gasteiger partial charge in [0.05, 0.1) is 25.4 Å². The van der Waals surface area contributed by atoms with Gasteiger partial charge in [0.1, 0.15) is 0 Å². The summed E-state index contributed by atoms with van der Waals surface area (Å²) in [6.07, 6.45) is 49.8. The van der Waals surface area contributed by atoms with Gasteiger partial charge in [0.15, 0.2) is 0 Å². The minimum atomic E-state index is -0.862. The molecule has 0 bridgehead atoms. The minimum absolute atomic E-state index is 0.0436. The molecule has 6 nitrogen and oxygen atoms in total. The van der Waals surface area contributed by atoms with Gasteiger partial charge < -0.3 is 20.3 Å². The first-order valence-corrected chi connectivity index (χ1v) is 22.8. The summed E-state index contributed by atoms with van der Waals surface area (Å²) in [5, 5.41) is 23.0. The number of aliphatic hydroxyl groups is 2. The predicted molar refractivity (Wildman–Crippen MR) is 227 cm³/mol. The van der Waals surface area contributed by atoms with Gasteiger partial charge in [0.2, 0.25) is 5.91 Å². The standard InChI is InChI=1S/C47H87NO5/c1-3-5-7-9-11-13-15-17-19-20-23-27-31-35-39-45(50)44(43-49)48-46(51)40-36-32-28-24-22-26-30-34-38-42-53-47(52)41-37-33-29-25-21-18-16-14-12-10-8-6-4-2/h8,10,14,16,35,39,44-45,49-50H,3-7,9,11-13,15,17-34,36-38,40-43H2,1-2H3,(H,48,51)/b10-8-,16-14-,39-35+. The number of allylic oxidation sites excluding steroid dienone is 5. The van der Waals surface area contributed by atoms with Gasteiger partial charge in [-0.15, -0.1) is 0 Å². The molecule has 2 atom stereocenters. The summed E-state index contributed by atoms with van der Waals surface area (Å²) in [6, 6.07) is -0.648. The number of unbranched alkanes of at least 4 members (excludes halogenated alkanes) is 26. The normalized spacial score (nSPS) is 13.1. The fourth-order valence-corrected chi connectivity index (χ4v) is 6.61. The second-order valence-corrected chi connectivity index (χ2v) is 15.4. The summed E-state index contributed by atoms with van der Waals surface area (Å²) in [5.74, 6) is -0.142. The van der Waals surface area contributed by atoms with Gasteiger partial charge >= 0.3 is 5.97 Å². The Morgan fingerprint density at radius 3 is 1.51 bits per heavy atom. The minimum Gasteiger partial charge on any atom is -0.466 e. The van der Waals surface area contributed by atoms with Crippen molar-refractivity contribution in [3.63, 3.8) is 0 Å². The molecule has 0 saturated heterocycles. The Hall–Kier alpha value is -1.92. The molecule has 0 aliphatic carbocycles. The first kappa shape index (κ1) is 51.1. The van der Waals surface area contributed by atoms with Crippen molar-refractivity contribution in [3.05, 3.63) is 36.5 Å². The molecule has 3 N–H and O–H groups in total. The van der Waals surface area contributed by atoms with Crippen molar-refractivity contribution < 1.29 is 24.5 Å². The van der Waals surface area contributed by atoms with Gasteiger partial charge in [0.25, 0.3) is 0 Å². The SMILES string of the molecule is CCC/C=C\C/C=C\CCCCCCCC(=O)OCCCCCCCCCCCC(=O)NC(CO)C(O)/C=C/CCCCCCCCCCCCCC. The average Bonchev–Trinajstić information content (AvgIpc) is 3.16. The molecule has 0 aromatic rings. The van der Waals surface area contributed by atoms with Crippen LogP contribution in [0.2, 0.25) is 0 Å². The maximum atomic E-state index is 12.4. The van der Waals surface area contributed by atoms with Gasteiger partial charge in [0, 0.05) is 12.8 Å². The number of carbonyl (C=O) groups is 2. The van der Waals surface area contributed by atoms with E-state index in [0.29, 0.717) is 19.4 Å². The predicted octanol–water partition coefficient (Wildman–Crippen LogP) is 12.9. The van der Waals surface area contributed by atoms with Crippen molar-refractivity contribution in [2.75, 3.05) is 13.2 Å². The van der Waals surface area contributed by atoms with Gasteiger partial charge in [-0.1, -0.05) is 192 Å². The number of rotatable bonds is 41. The number of esters is 1. The van der Waals surface area contributed by atoms with Crippen LogP contribution in [0.15, 0.2) is 36.5 Å². The molecule has 53 heavy (non-hydrogen) atoms. The zero-order valence-corrected chi connectivity index (χ0v) is 35.0. The first-order valence-electron chi connectivity index (χ1n) is 22.8. The van der Waals surface area contributed by atoms with E-state index in [4.69, 9.17) is 4.74 Å². The lowest BCUT2D eigenvalue weighted by atomic mass is 10.0. The molecule has 6 heteroatoms. The van der Waals surface area contributed by atoms with Crippen LogP contribution in [0.3, 0.4) is 0 Å². The molecule has 0 aliphatic rings. The number of aliphatic hydroxyl groups excluding tert-OH is 2. The maximum absolute atomic E-state index is 12.4. The van der Waals surface area contributed by atoms with Gasteiger partial charge in [-0.25, -0.2) is 0 Å². The van der Waals surface area contributed by atoms with Crippen molar-refractivity contribution in [1.29, 1.82) is 0 Å². The van der Waals surface area contributed by atoms with E-state index >= 15 is 0 Å². The highest BCUT2D eigenvalue weighted by Crippen LogP contribution is 2.14. The largest absolute Gasteiger partial charge is 0.466 e. The van der Waals surface area contributed by atoms with E-state index in [0.717, 1.165) is 70.6 Å². The number of carbonyl (C=O) groups excluding carboxylic acids is 2. The van der Waals surface area contributed by atoms with Crippen LogP contribution in [0.25, 0.3) is 0 Å². The van der Waals surface area contributed by atoms with Crippen LogP contribution < -0.4 is 5.32 Å². The Morgan fingerprint density at radius 1 is 0.528 bits per heavy atom. The molecule has 0 radical (unpaired) electrons. The molecule has 0 fully saturated rings. The highest BCUT2D eigenvalue weighted by molar-refractivity contribution is 5.76. The molecule has 0 rings (SSSR count). The zero-order valence-electron chi connectivity index (χ0n) is 35.0. The number of amides is 1. The van der Waals surface area contributed by atoms with Crippen molar-refractivity contribution in [3.8, 4) is 0 Å². The van der Waals surface area contributed by atoms with E-state index in [-0.39, 0.29) is 18.5 Å². The van der Waals surface area contributed by atoms with Crippen LogP contribution in [0, 0.1) is 0 Å². The molecule has 0 spiro atoms. The monoisotopic (exact) mass is 746 g/mol. The average molecular weight is 746 g/mol. The second kappa shape index (κ2) is 42.8. The molecule has 0 heterocycles. The summed E-state index contributed by atoms with van der Waals surface area (Å²) in [5.41, 5.74) is 0. The topological polar surface area (TPSA) is 95.9 Å². The number of hydrogen-bond acceptors (Lipinski definition) is 5. The molecule has 310 valence electrons. The molecule has 0 aromatic carbocycles. The van der Waals surface area contributed by atoms with Crippen LogP contribution in [-0.2, 0) is 14.3 Å². The number of hydrogen-bond donors (Lipinski definition) is 3. The van der Waals surface area contributed by atoms with E-state index in [9.17, 15) is 19.8 Å². The van der Waals surface area contributed by atoms with Crippen LogP contribution in [0.5, 0.6) is 0 Å². The maximum Gasteiger partial charge on any atom is 0.305 e. The fraction of sp³-hybridized carbons (Fsp3) is 0.830. The van der Waals surface area contributed by atoms with Crippen LogP contribution in [0.4, 0.5) is 0 Å². The highest BCUT2D eigenvalue weighted by Gasteiger charge is 2.18. The van der Waals surface area contributed by atoms with E-state index in [2.05, 4.69) is 43.5 Å². The third-order valence-electron chi connectivity index (χ3n) is 10.1. The van der Waals surface area contributed by atoms with Crippen LogP contribution in [-0.4, -0.2) is 47.4 Å². The molecule has 2 unspecified atom stereocenters. The van der Waals surface area contributed by atoms with E-state index in [1.54, 1.807) is 6.08 Å². The Kier molecular flexibility index (Phi) is 41.3. The van der Waals surface area contributed by atoms with Crippen molar-refractivity contribution >= 4 is 11.9 Å². The number of nitrogens with one attached hydrogen (secondary N) is 1. The summed E-state index contributed by atoms with van der Waals surface area (Å²) < 4.78 is 5.42. The molecule has 0 aliphatic heterocycles. The van der Waals surface area contributed by atoms with E-state index in [1.807, 2.05) is 6.08 Å². The molecular weight excluding hydrogens is 659 g/mol. The van der Waals surface area contributed by atoms with Crippen molar-refractivity contribution in [1.82, 2.24) is 5.32 Å². The Labute approximate surface area is 328 Å². The van der Waals surface area contributed by atoms with Gasteiger partial charge in [-0.05, 0) is 57.8 Å². The summed E-state index contributed by atoms with van der Waals surface area (Å²) >= 11 is 0. The van der Waals surface area contributed by atoms with Gasteiger partial charge in [-0.2, -0.15) is 0 Å². The Morgan fingerprint density at radius 2 is 0.981 bits per heavy atom. The lowest BCUT2D eigenvalue weighted by molar-refractivity contribution is -0.143. The molecular formula is C47H87NO5.